The van der Waals surface area contributed by atoms with Gasteiger partial charge in [-0.2, -0.15) is 0 Å². The van der Waals surface area contributed by atoms with Crippen LogP contribution in [-0.4, -0.2) is 61.4 Å². The molecular weight excluding hydrogens is 220 g/mol. The number of hydrogen-bond donors (Lipinski definition) is 2. The molecule has 0 aromatic carbocycles. The minimum Gasteiger partial charge on any atom is -0.394 e. The largest absolute Gasteiger partial charge is 0.394 e. The maximum Gasteiger partial charge on any atom is 0.236 e. The van der Waals surface area contributed by atoms with E-state index >= 15 is 0 Å². The van der Waals surface area contributed by atoms with Gasteiger partial charge in [0, 0.05) is 12.6 Å². The lowest BCUT2D eigenvalue weighted by atomic mass is 10.3. The Labute approximate surface area is 104 Å². The molecule has 0 rings (SSSR count). The van der Waals surface area contributed by atoms with Crippen LogP contribution in [-0.2, 0) is 9.53 Å². The number of amides is 1. The van der Waals surface area contributed by atoms with Crippen molar-refractivity contribution in [3.8, 4) is 0 Å². The van der Waals surface area contributed by atoms with E-state index in [-0.39, 0.29) is 18.6 Å². The molecule has 5 heteroatoms. The number of carbonyl (C=O) groups is 1. The Morgan fingerprint density at radius 2 is 2.12 bits per heavy atom. The first kappa shape index (κ1) is 16.4. The van der Waals surface area contributed by atoms with Gasteiger partial charge in [-0.05, 0) is 26.8 Å². The number of nitrogens with one attached hydrogen (secondary N) is 1. The standard InChI is InChI=1S/C12H26N2O3/c1-4-5-13-10-12(16)14(11(2)3)6-8-17-9-7-15/h11,13,15H,4-10H2,1-3H3. The first-order valence-corrected chi connectivity index (χ1v) is 6.32. The lowest BCUT2D eigenvalue weighted by Gasteiger charge is -2.26. The van der Waals surface area contributed by atoms with Gasteiger partial charge in [-0.3, -0.25) is 4.79 Å². The summed E-state index contributed by atoms with van der Waals surface area (Å²) in [6.45, 7) is 8.68. The van der Waals surface area contributed by atoms with E-state index < -0.39 is 0 Å². The summed E-state index contributed by atoms with van der Waals surface area (Å²) < 4.78 is 5.17. The molecule has 0 aromatic heterocycles. The number of aliphatic hydroxyl groups is 1. The molecule has 0 unspecified atom stereocenters. The van der Waals surface area contributed by atoms with Crippen LogP contribution in [0.2, 0.25) is 0 Å². The summed E-state index contributed by atoms with van der Waals surface area (Å²) in [5.41, 5.74) is 0. The minimum atomic E-state index is 0.0215. The van der Waals surface area contributed by atoms with Gasteiger partial charge in [0.15, 0.2) is 0 Å². The van der Waals surface area contributed by atoms with Crippen LogP contribution in [0.1, 0.15) is 27.2 Å². The topological polar surface area (TPSA) is 61.8 Å². The van der Waals surface area contributed by atoms with Gasteiger partial charge in [-0.15, -0.1) is 0 Å². The molecule has 0 aromatic rings. The van der Waals surface area contributed by atoms with Crippen molar-refractivity contribution in [1.29, 1.82) is 0 Å². The minimum absolute atomic E-state index is 0.0215. The van der Waals surface area contributed by atoms with Crippen LogP contribution >= 0.6 is 0 Å². The average molecular weight is 246 g/mol. The highest BCUT2D eigenvalue weighted by molar-refractivity contribution is 5.78. The van der Waals surface area contributed by atoms with Gasteiger partial charge in [0.1, 0.15) is 0 Å². The molecule has 5 nitrogen and oxygen atoms in total. The normalized spacial score (nSPS) is 10.9. The number of ether oxygens (including phenoxy) is 1. The van der Waals surface area contributed by atoms with E-state index in [2.05, 4.69) is 12.2 Å². The highest BCUT2D eigenvalue weighted by atomic mass is 16.5. The second kappa shape index (κ2) is 10.5. The summed E-state index contributed by atoms with van der Waals surface area (Å²) in [5.74, 6) is 0.0982. The molecule has 0 radical (unpaired) electrons. The summed E-state index contributed by atoms with van der Waals surface area (Å²) in [7, 11) is 0. The number of nitrogens with zero attached hydrogens (tertiary/aromatic N) is 1. The summed E-state index contributed by atoms with van der Waals surface area (Å²) in [4.78, 5) is 13.7. The number of rotatable bonds is 10. The van der Waals surface area contributed by atoms with Crippen LogP contribution in [0.25, 0.3) is 0 Å². The maximum absolute atomic E-state index is 11.9. The van der Waals surface area contributed by atoms with Gasteiger partial charge in [0.05, 0.1) is 26.4 Å². The fraction of sp³-hybridized carbons (Fsp3) is 0.917. The molecule has 0 bridgehead atoms. The Hall–Kier alpha value is -0.650. The Morgan fingerprint density at radius 3 is 2.65 bits per heavy atom. The van der Waals surface area contributed by atoms with Gasteiger partial charge in [0.2, 0.25) is 5.91 Å². The van der Waals surface area contributed by atoms with Gasteiger partial charge < -0.3 is 20.1 Å². The molecule has 0 aliphatic carbocycles. The molecule has 0 saturated carbocycles. The Kier molecular flexibility index (Phi) is 10.1. The molecule has 1 amide bonds. The molecule has 2 N–H and O–H groups in total. The van der Waals surface area contributed by atoms with Crippen molar-refractivity contribution < 1.29 is 14.6 Å². The van der Waals surface area contributed by atoms with Crippen LogP contribution in [0, 0.1) is 0 Å². The second-order valence-corrected chi connectivity index (χ2v) is 4.19. The molecule has 17 heavy (non-hydrogen) atoms. The zero-order valence-electron chi connectivity index (χ0n) is 11.2. The average Bonchev–Trinajstić information content (AvgIpc) is 2.28. The molecule has 0 aliphatic heterocycles. The smallest absolute Gasteiger partial charge is 0.236 e. The fourth-order valence-corrected chi connectivity index (χ4v) is 1.47. The van der Waals surface area contributed by atoms with Crippen molar-refractivity contribution >= 4 is 5.91 Å². The van der Waals surface area contributed by atoms with E-state index in [4.69, 9.17) is 9.84 Å². The third-order valence-corrected chi connectivity index (χ3v) is 2.36. The van der Waals surface area contributed by atoms with E-state index in [1.54, 1.807) is 4.90 Å². The molecule has 0 atom stereocenters. The molecule has 0 heterocycles. The van der Waals surface area contributed by atoms with Crippen molar-refractivity contribution in [3.05, 3.63) is 0 Å². The predicted octanol–water partition coefficient (Wildman–Crippen LogP) is 0.232. The van der Waals surface area contributed by atoms with Gasteiger partial charge >= 0.3 is 0 Å². The zero-order chi connectivity index (χ0) is 13.1. The first-order chi connectivity index (χ1) is 8.13. The molecular formula is C12H26N2O3. The van der Waals surface area contributed by atoms with Crippen LogP contribution in [0.4, 0.5) is 0 Å². The fourth-order valence-electron chi connectivity index (χ4n) is 1.47. The second-order valence-electron chi connectivity index (χ2n) is 4.19. The molecule has 0 spiro atoms. The van der Waals surface area contributed by atoms with E-state index in [0.717, 1.165) is 13.0 Å². The quantitative estimate of drug-likeness (QED) is 0.542. The van der Waals surface area contributed by atoms with E-state index in [1.165, 1.54) is 0 Å². The predicted molar refractivity (Wildman–Crippen MR) is 67.9 cm³/mol. The van der Waals surface area contributed by atoms with Crippen molar-refractivity contribution in [2.75, 3.05) is 39.5 Å². The Morgan fingerprint density at radius 1 is 1.41 bits per heavy atom. The summed E-state index contributed by atoms with van der Waals surface area (Å²) in [5, 5.41) is 11.7. The van der Waals surface area contributed by atoms with Gasteiger partial charge in [0.25, 0.3) is 0 Å². The summed E-state index contributed by atoms with van der Waals surface area (Å²) >= 11 is 0. The SMILES string of the molecule is CCCNCC(=O)N(CCOCCO)C(C)C. The third kappa shape index (κ3) is 8.12. The van der Waals surface area contributed by atoms with E-state index in [1.807, 2.05) is 13.8 Å². The highest BCUT2D eigenvalue weighted by Gasteiger charge is 2.15. The Balaban J connectivity index is 3.90. The number of hydrogen-bond acceptors (Lipinski definition) is 4. The van der Waals surface area contributed by atoms with Crippen molar-refractivity contribution in [3.63, 3.8) is 0 Å². The van der Waals surface area contributed by atoms with Gasteiger partial charge in [-0.1, -0.05) is 6.92 Å². The van der Waals surface area contributed by atoms with Crippen LogP contribution in [0.15, 0.2) is 0 Å². The van der Waals surface area contributed by atoms with E-state index in [0.29, 0.717) is 26.3 Å². The van der Waals surface area contributed by atoms with Crippen molar-refractivity contribution in [1.82, 2.24) is 10.2 Å². The van der Waals surface area contributed by atoms with Crippen molar-refractivity contribution in [2.45, 2.75) is 33.2 Å². The lowest BCUT2D eigenvalue weighted by Crippen LogP contribution is -2.44. The highest BCUT2D eigenvalue weighted by Crippen LogP contribution is 1.98. The first-order valence-electron chi connectivity index (χ1n) is 6.32. The third-order valence-electron chi connectivity index (χ3n) is 2.36. The Bertz CT molecular complexity index is 198. The van der Waals surface area contributed by atoms with E-state index in [9.17, 15) is 4.79 Å². The van der Waals surface area contributed by atoms with Gasteiger partial charge in [-0.25, -0.2) is 0 Å². The molecule has 0 aliphatic rings. The monoisotopic (exact) mass is 246 g/mol. The van der Waals surface area contributed by atoms with Crippen LogP contribution in [0.5, 0.6) is 0 Å². The molecule has 0 fully saturated rings. The number of aliphatic hydroxyl groups excluding tert-OH is 1. The van der Waals surface area contributed by atoms with Crippen LogP contribution in [0.3, 0.4) is 0 Å². The van der Waals surface area contributed by atoms with Crippen molar-refractivity contribution in [2.24, 2.45) is 0 Å². The summed E-state index contributed by atoms with van der Waals surface area (Å²) in [6, 6.07) is 0.170. The lowest BCUT2D eigenvalue weighted by molar-refractivity contribution is -0.132. The number of carbonyl (C=O) groups excluding carboxylic acids is 1. The summed E-state index contributed by atoms with van der Waals surface area (Å²) in [6.07, 6.45) is 1.02. The molecule has 102 valence electrons. The zero-order valence-corrected chi connectivity index (χ0v) is 11.2. The van der Waals surface area contributed by atoms with Crippen LogP contribution < -0.4 is 5.32 Å². The maximum atomic E-state index is 11.9. The molecule has 0 saturated heterocycles.